The number of halogens is 1. The summed E-state index contributed by atoms with van der Waals surface area (Å²) < 4.78 is 10.8. The van der Waals surface area contributed by atoms with E-state index in [1.807, 2.05) is 13.0 Å². The smallest absolute Gasteiger partial charge is 0.341 e. The fourth-order valence-corrected chi connectivity index (χ4v) is 3.25. The van der Waals surface area contributed by atoms with Crippen molar-refractivity contribution in [2.24, 2.45) is 0 Å². The van der Waals surface area contributed by atoms with Crippen LogP contribution in [-0.4, -0.2) is 24.6 Å². The SMILES string of the molecule is CCCOc1ccc(Cl)cc1/C=C(\C#N)C(=O)Nc1sccc1C(=O)OC(C)C. The molecule has 0 atom stereocenters. The Morgan fingerprint density at radius 1 is 1.34 bits per heavy atom. The predicted octanol–water partition coefficient (Wildman–Crippen LogP) is 5.30. The molecule has 8 heteroatoms. The monoisotopic (exact) mass is 432 g/mol. The molecule has 0 aliphatic carbocycles. The van der Waals surface area contributed by atoms with E-state index >= 15 is 0 Å². The highest BCUT2D eigenvalue weighted by Gasteiger charge is 2.19. The van der Waals surface area contributed by atoms with Crippen LogP contribution in [-0.2, 0) is 9.53 Å². The van der Waals surface area contributed by atoms with Gasteiger partial charge in [-0.1, -0.05) is 18.5 Å². The van der Waals surface area contributed by atoms with Gasteiger partial charge in [-0.15, -0.1) is 11.3 Å². The molecule has 1 amide bonds. The Bertz CT molecular complexity index is 960. The van der Waals surface area contributed by atoms with Crippen LogP contribution in [0.5, 0.6) is 5.75 Å². The first-order chi connectivity index (χ1) is 13.8. The summed E-state index contributed by atoms with van der Waals surface area (Å²) in [5.74, 6) is -0.659. The average molecular weight is 433 g/mol. The zero-order valence-corrected chi connectivity index (χ0v) is 17.9. The second-order valence-electron chi connectivity index (χ2n) is 6.27. The van der Waals surface area contributed by atoms with Crippen molar-refractivity contribution in [3.05, 3.63) is 51.4 Å². The van der Waals surface area contributed by atoms with Gasteiger partial charge in [-0.05, 0) is 56.0 Å². The number of rotatable bonds is 8. The van der Waals surface area contributed by atoms with Gasteiger partial charge >= 0.3 is 5.97 Å². The van der Waals surface area contributed by atoms with Crippen molar-refractivity contribution in [2.75, 3.05) is 11.9 Å². The molecule has 6 nitrogen and oxygen atoms in total. The van der Waals surface area contributed by atoms with Crippen LogP contribution in [0.3, 0.4) is 0 Å². The minimum absolute atomic E-state index is 0.148. The molecular formula is C21H21ClN2O4S. The van der Waals surface area contributed by atoms with Crippen LogP contribution in [0.15, 0.2) is 35.2 Å². The number of carbonyl (C=O) groups is 2. The molecule has 0 radical (unpaired) electrons. The topological polar surface area (TPSA) is 88.4 Å². The van der Waals surface area contributed by atoms with Crippen molar-refractivity contribution in [3.8, 4) is 11.8 Å². The van der Waals surface area contributed by atoms with Gasteiger partial charge in [0.1, 0.15) is 22.4 Å². The number of carbonyl (C=O) groups excluding carboxylic acids is 2. The van der Waals surface area contributed by atoms with E-state index in [0.29, 0.717) is 27.9 Å². The lowest BCUT2D eigenvalue weighted by Gasteiger charge is -2.10. The number of nitrogens with one attached hydrogen (secondary N) is 1. The number of hydrogen-bond donors (Lipinski definition) is 1. The first-order valence-electron chi connectivity index (χ1n) is 8.99. The van der Waals surface area contributed by atoms with Crippen molar-refractivity contribution in [3.63, 3.8) is 0 Å². The quantitative estimate of drug-likeness (QED) is 0.347. The Kier molecular flexibility index (Phi) is 8.25. The summed E-state index contributed by atoms with van der Waals surface area (Å²) in [6, 6.07) is 8.43. The molecule has 152 valence electrons. The molecule has 0 bridgehead atoms. The van der Waals surface area contributed by atoms with E-state index < -0.39 is 11.9 Å². The van der Waals surface area contributed by atoms with E-state index in [-0.39, 0.29) is 17.2 Å². The van der Waals surface area contributed by atoms with E-state index in [9.17, 15) is 14.9 Å². The lowest BCUT2D eigenvalue weighted by molar-refractivity contribution is -0.112. The van der Waals surface area contributed by atoms with Crippen LogP contribution < -0.4 is 10.1 Å². The zero-order valence-electron chi connectivity index (χ0n) is 16.3. The van der Waals surface area contributed by atoms with E-state index in [2.05, 4.69) is 5.32 Å². The summed E-state index contributed by atoms with van der Waals surface area (Å²) in [7, 11) is 0. The summed E-state index contributed by atoms with van der Waals surface area (Å²) in [5, 5.41) is 14.5. The van der Waals surface area contributed by atoms with Crippen molar-refractivity contribution in [1.82, 2.24) is 0 Å². The lowest BCUT2D eigenvalue weighted by Crippen LogP contribution is -2.17. The van der Waals surface area contributed by atoms with E-state index in [1.54, 1.807) is 43.5 Å². The molecule has 2 rings (SSSR count). The highest BCUT2D eigenvalue weighted by molar-refractivity contribution is 7.14. The standard InChI is InChI=1S/C21H21ClN2O4S/c1-4-8-27-18-6-5-16(22)11-14(18)10-15(12-23)19(25)24-20-17(7-9-29-20)21(26)28-13(2)3/h5-7,9-11,13H,4,8H2,1-3H3,(H,24,25)/b15-10+. The minimum atomic E-state index is -0.644. The van der Waals surface area contributed by atoms with Crippen LogP contribution in [0, 0.1) is 11.3 Å². The van der Waals surface area contributed by atoms with Crippen LogP contribution in [0.2, 0.25) is 5.02 Å². The van der Waals surface area contributed by atoms with Gasteiger partial charge in [-0.25, -0.2) is 4.79 Å². The van der Waals surface area contributed by atoms with E-state index in [1.165, 1.54) is 17.4 Å². The largest absolute Gasteiger partial charge is 0.493 e. The average Bonchev–Trinajstić information content (AvgIpc) is 3.13. The number of benzene rings is 1. The summed E-state index contributed by atoms with van der Waals surface area (Å²) in [6.07, 6.45) is 1.93. The Morgan fingerprint density at radius 3 is 2.76 bits per heavy atom. The second kappa shape index (κ2) is 10.6. The molecule has 0 unspecified atom stereocenters. The Hall–Kier alpha value is -2.82. The maximum Gasteiger partial charge on any atom is 0.341 e. The normalized spacial score (nSPS) is 11.1. The maximum atomic E-state index is 12.6. The molecule has 1 aromatic heterocycles. The van der Waals surface area contributed by atoms with Gasteiger partial charge in [-0.2, -0.15) is 5.26 Å². The third kappa shape index (κ3) is 6.34. The third-order valence-electron chi connectivity index (χ3n) is 3.55. The molecule has 0 saturated heterocycles. The number of ether oxygens (including phenoxy) is 2. The van der Waals surface area contributed by atoms with Gasteiger partial charge in [0, 0.05) is 10.6 Å². The van der Waals surface area contributed by atoms with Gasteiger partial charge in [0.05, 0.1) is 18.3 Å². The Labute approximate surface area is 178 Å². The number of amides is 1. The molecule has 1 N–H and O–H groups in total. The fraction of sp³-hybridized carbons (Fsp3) is 0.286. The Balaban J connectivity index is 2.27. The van der Waals surface area contributed by atoms with Crippen LogP contribution in [0.1, 0.15) is 43.1 Å². The zero-order chi connectivity index (χ0) is 21.4. The van der Waals surface area contributed by atoms with Gasteiger partial charge < -0.3 is 14.8 Å². The van der Waals surface area contributed by atoms with Crippen LogP contribution in [0.25, 0.3) is 6.08 Å². The van der Waals surface area contributed by atoms with Gasteiger partial charge in [-0.3, -0.25) is 4.79 Å². The number of hydrogen-bond acceptors (Lipinski definition) is 6. The lowest BCUT2D eigenvalue weighted by atomic mass is 10.1. The van der Waals surface area contributed by atoms with Crippen molar-refractivity contribution >= 4 is 45.9 Å². The number of anilines is 1. The molecule has 0 saturated carbocycles. The summed E-state index contributed by atoms with van der Waals surface area (Å²) in [5.41, 5.74) is 0.609. The van der Waals surface area contributed by atoms with Crippen molar-refractivity contribution < 1.29 is 19.1 Å². The van der Waals surface area contributed by atoms with Gasteiger partial charge in [0.15, 0.2) is 0 Å². The van der Waals surface area contributed by atoms with Gasteiger partial charge in [0.2, 0.25) is 0 Å². The first-order valence-corrected chi connectivity index (χ1v) is 10.3. The molecule has 1 heterocycles. The summed E-state index contributed by atoms with van der Waals surface area (Å²) in [6.45, 7) is 5.94. The fourth-order valence-electron chi connectivity index (χ4n) is 2.29. The van der Waals surface area contributed by atoms with E-state index in [4.69, 9.17) is 21.1 Å². The van der Waals surface area contributed by atoms with E-state index in [0.717, 1.165) is 6.42 Å². The third-order valence-corrected chi connectivity index (χ3v) is 4.62. The molecule has 0 aliphatic rings. The summed E-state index contributed by atoms with van der Waals surface area (Å²) in [4.78, 5) is 24.8. The molecular weight excluding hydrogens is 412 g/mol. The molecule has 29 heavy (non-hydrogen) atoms. The number of thiophene rings is 1. The molecule has 2 aromatic rings. The molecule has 0 aliphatic heterocycles. The minimum Gasteiger partial charge on any atom is -0.493 e. The number of nitrogens with zero attached hydrogens (tertiary/aromatic N) is 1. The van der Waals surface area contributed by atoms with Crippen LogP contribution in [0.4, 0.5) is 5.00 Å². The predicted molar refractivity (Wildman–Crippen MR) is 114 cm³/mol. The molecule has 0 spiro atoms. The van der Waals surface area contributed by atoms with Crippen LogP contribution >= 0.6 is 22.9 Å². The van der Waals surface area contributed by atoms with Crippen molar-refractivity contribution in [2.45, 2.75) is 33.3 Å². The number of esters is 1. The Morgan fingerprint density at radius 2 is 2.10 bits per heavy atom. The number of nitriles is 1. The van der Waals surface area contributed by atoms with Crippen molar-refractivity contribution in [1.29, 1.82) is 5.26 Å². The first kappa shape index (κ1) is 22.5. The molecule has 1 aromatic carbocycles. The second-order valence-corrected chi connectivity index (χ2v) is 7.62. The van der Waals surface area contributed by atoms with Gasteiger partial charge in [0.25, 0.3) is 5.91 Å². The highest BCUT2D eigenvalue weighted by atomic mass is 35.5. The maximum absolute atomic E-state index is 12.6. The highest BCUT2D eigenvalue weighted by Crippen LogP contribution is 2.27. The molecule has 0 fully saturated rings. The summed E-state index contributed by atoms with van der Waals surface area (Å²) >= 11 is 7.22.